The zero-order chi connectivity index (χ0) is 40.8. The first-order valence-corrected chi connectivity index (χ1v) is 21.7. The highest BCUT2D eigenvalue weighted by molar-refractivity contribution is 8.18. The van der Waals surface area contributed by atoms with Gasteiger partial charge in [0.1, 0.15) is 22.9 Å². The topological polar surface area (TPSA) is 163 Å². The summed E-state index contributed by atoms with van der Waals surface area (Å²) in [6.07, 6.45) is 10.9. The Morgan fingerprint density at radius 3 is 1.78 bits per heavy atom. The van der Waals surface area contributed by atoms with Crippen LogP contribution < -0.4 is 10.6 Å². The predicted octanol–water partition coefficient (Wildman–Crippen LogP) is 9.68. The molecule has 2 aromatic carbocycles. The number of carbonyl (C=O) groups excluding carboxylic acids is 4. The highest BCUT2D eigenvalue weighted by atomic mass is 32.2. The molecule has 5 unspecified atom stereocenters. The molecule has 2 aliphatic heterocycles. The fourth-order valence-electron chi connectivity index (χ4n) is 7.75. The number of aryl methyl sites for hydroxylation is 4. The van der Waals surface area contributed by atoms with Crippen LogP contribution in [-0.2, 0) is 32.3 Å². The normalized spacial score (nSPS) is 24.1. The predicted molar refractivity (Wildman–Crippen MR) is 223 cm³/mol. The lowest BCUT2D eigenvalue weighted by molar-refractivity contribution is -0.119. The van der Waals surface area contributed by atoms with Gasteiger partial charge in [0.25, 0.3) is 16.4 Å². The molecule has 12 nitrogen and oxygen atoms in total. The number of oxazole rings is 2. The van der Waals surface area contributed by atoms with Crippen LogP contribution in [0.15, 0.2) is 68.3 Å². The van der Waals surface area contributed by atoms with E-state index in [0.29, 0.717) is 35.8 Å². The summed E-state index contributed by atoms with van der Waals surface area (Å²) >= 11 is 2.10. The van der Waals surface area contributed by atoms with E-state index in [4.69, 9.17) is 18.3 Å². The lowest BCUT2D eigenvalue weighted by Gasteiger charge is -2.29. The number of hydrogen-bond donors (Lipinski definition) is 2. The van der Waals surface area contributed by atoms with E-state index in [2.05, 4.69) is 27.5 Å². The van der Waals surface area contributed by atoms with Gasteiger partial charge in [-0.25, -0.2) is 9.97 Å². The monoisotopic (exact) mass is 826 g/mol. The van der Waals surface area contributed by atoms with Crippen molar-refractivity contribution in [3.63, 3.8) is 0 Å². The molecule has 306 valence electrons. The van der Waals surface area contributed by atoms with Crippen LogP contribution in [0.4, 0.5) is 9.59 Å². The maximum absolute atomic E-state index is 11.8. The van der Waals surface area contributed by atoms with Crippen molar-refractivity contribution in [3.8, 4) is 22.9 Å². The molecular formula is C44H50N4O8S2. The van der Waals surface area contributed by atoms with Gasteiger partial charge in [0.05, 0.1) is 35.6 Å². The third kappa shape index (κ3) is 11.0. The highest BCUT2D eigenvalue weighted by Gasteiger charge is 2.35. The molecule has 8 rings (SSSR count). The number of amides is 4. The van der Waals surface area contributed by atoms with E-state index in [-0.39, 0.29) is 45.7 Å². The van der Waals surface area contributed by atoms with Crippen molar-refractivity contribution in [2.45, 2.75) is 116 Å². The van der Waals surface area contributed by atoms with E-state index < -0.39 is 0 Å². The number of allylic oxidation sites excluding steroid dienone is 1. The van der Waals surface area contributed by atoms with Crippen LogP contribution in [-0.4, -0.2) is 49.7 Å². The molecule has 2 saturated carbocycles. The molecule has 2 aromatic heterocycles. The van der Waals surface area contributed by atoms with Gasteiger partial charge in [-0.1, -0.05) is 72.5 Å². The van der Waals surface area contributed by atoms with Crippen LogP contribution in [0.1, 0.15) is 91.8 Å². The van der Waals surface area contributed by atoms with E-state index in [9.17, 15) is 19.2 Å². The summed E-state index contributed by atoms with van der Waals surface area (Å²) in [6, 6.07) is 16.2. The maximum Gasteiger partial charge on any atom is 0.290 e. The number of rotatable bonds is 11. The van der Waals surface area contributed by atoms with E-state index in [0.717, 1.165) is 115 Å². The number of aromatic nitrogens is 2. The average molecular weight is 827 g/mol. The minimum Gasteiger partial charge on any atom is -0.441 e. The van der Waals surface area contributed by atoms with Crippen LogP contribution in [0, 0.1) is 39.5 Å². The second-order valence-electron chi connectivity index (χ2n) is 15.6. The number of hydrogen-bond acceptors (Lipinski definition) is 12. The van der Waals surface area contributed by atoms with Crippen LogP contribution in [0.25, 0.3) is 22.9 Å². The first-order valence-electron chi connectivity index (χ1n) is 20.0. The van der Waals surface area contributed by atoms with Gasteiger partial charge >= 0.3 is 0 Å². The van der Waals surface area contributed by atoms with E-state index in [1.807, 2.05) is 75.4 Å². The fraction of sp³-hybridized carbons (Fsp3) is 0.455. The highest BCUT2D eigenvalue weighted by Crippen LogP contribution is 2.36. The molecule has 2 saturated heterocycles. The molecule has 4 aliphatic rings. The summed E-state index contributed by atoms with van der Waals surface area (Å²) in [6.45, 7) is 8.76. The molecule has 4 amide bonds. The van der Waals surface area contributed by atoms with E-state index in [1.54, 1.807) is 0 Å². The molecule has 0 radical (unpaired) electrons. The molecule has 4 fully saturated rings. The van der Waals surface area contributed by atoms with Crippen LogP contribution in [0.2, 0.25) is 0 Å². The Morgan fingerprint density at radius 2 is 1.26 bits per heavy atom. The third-order valence-electron chi connectivity index (χ3n) is 11.0. The van der Waals surface area contributed by atoms with Crippen molar-refractivity contribution in [3.05, 3.63) is 93.5 Å². The van der Waals surface area contributed by atoms with Gasteiger partial charge in [-0.05, 0) is 114 Å². The van der Waals surface area contributed by atoms with Gasteiger partial charge in [0.15, 0.2) is 0 Å². The Bertz CT molecular complexity index is 2140. The van der Waals surface area contributed by atoms with Crippen molar-refractivity contribution in [1.82, 2.24) is 20.6 Å². The number of imide groups is 2. The fourth-order valence-corrected chi connectivity index (χ4v) is 9.45. The summed E-state index contributed by atoms with van der Waals surface area (Å²) < 4.78 is 24.0. The Hall–Kier alpha value is -4.50. The summed E-state index contributed by atoms with van der Waals surface area (Å²) in [5.74, 6) is 3.00. The molecule has 58 heavy (non-hydrogen) atoms. The summed E-state index contributed by atoms with van der Waals surface area (Å²) in [4.78, 5) is 56.0. The van der Waals surface area contributed by atoms with Gasteiger partial charge in [0, 0.05) is 11.1 Å². The number of nitrogens with zero attached hydrogens (tertiary/aromatic N) is 2. The molecule has 14 heteroatoms. The standard InChI is InChI=1S/C22H26N2O4S.C22H24N2O4S/c2*1-13-6-8-16(9-7-13)21-23-18(14(2)28-21)12-27-17-5-3-4-15(10-17)11-19-20(25)24-22(26)29-19/h6-9,15,17,19H,3-5,10-12H2,1-2H3,(H,24,25,26);6-9,11,15,17H,3-5,10,12H2,1-2H3,(H,24,25,26)/b;19-11+. The Morgan fingerprint density at radius 1 is 0.707 bits per heavy atom. The van der Waals surface area contributed by atoms with Gasteiger partial charge in [-0.2, -0.15) is 0 Å². The van der Waals surface area contributed by atoms with Crippen LogP contribution in [0.5, 0.6) is 0 Å². The van der Waals surface area contributed by atoms with Gasteiger partial charge < -0.3 is 18.3 Å². The molecule has 2 aliphatic carbocycles. The number of benzene rings is 2. The van der Waals surface area contributed by atoms with Crippen LogP contribution >= 0.6 is 23.5 Å². The number of nitrogens with one attached hydrogen (secondary N) is 2. The number of carbonyl (C=O) groups is 4. The molecule has 4 aromatic rings. The lowest BCUT2D eigenvalue weighted by atomic mass is 9.84. The van der Waals surface area contributed by atoms with Gasteiger partial charge in [-0.15, -0.1) is 0 Å². The number of ether oxygens (including phenoxy) is 2. The average Bonchev–Trinajstić information content (AvgIpc) is 3.95. The van der Waals surface area contributed by atoms with Crippen molar-refractivity contribution in [2.24, 2.45) is 11.8 Å². The second kappa shape index (κ2) is 19.0. The minimum absolute atomic E-state index is 0.106. The maximum atomic E-state index is 11.8. The van der Waals surface area contributed by atoms with Gasteiger partial charge in [-0.3, -0.25) is 29.8 Å². The van der Waals surface area contributed by atoms with Crippen LogP contribution in [0.3, 0.4) is 0 Å². The summed E-state index contributed by atoms with van der Waals surface area (Å²) in [5.41, 5.74) is 5.96. The molecular weight excluding hydrogens is 777 g/mol. The molecule has 4 heterocycles. The quantitative estimate of drug-likeness (QED) is 0.138. The Kier molecular flexibility index (Phi) is 13.7. The SMILES string of the molecule is Cc1ccc(-c2nc(COC3CCCC(/C=C4/SC(=O)NC4=O)C3)c(C)o2)cc1.Cc1ccc(-c2nc(COC3CCCC(CC4SC(=O)NC4=O)C3)c(C)o2)cc1. The first-order chi connectivity index (χ1) is 27.9. The van der Waals surface area contributed by atoms with Crippen molar-refractivity contribution < 1.29 is 37.5 Å². The first kappa shape index (κ1) is 41.7. The molecule has 0 bridgehead atoms. The van der Waals surface area contributed by atoms with Crippen molar-refractivity contribution >= 4 is 45.8 Å². The molecule has 5 atom stereocenters. The lowest BCUT2D eigenvalue weighted by Crippen LogP contribution is -2.29. The zero-order valence-electron chi connectivity index (χ0n) is 33.3. The Labute approximate surface area is 347 Å². The number of thioether (sulfide) groups is 2. The molecule has 0 spiro atoms. The van der Waals surface area contributed by atoms with Crippen molar-refractivity contribution in [2.75, 3.05) is 0 Å². The smallest absolute Gasteiger partial charge is 0.290 e. The summed E-state index contributed by atoms with van der Waals surface area (Å²) in [5, 5.41) is 3.91. The Balaban J connectivity index is 0.000000177. The van der Waals surface area contributed by atoms with E-state index in [1.165, 1.54) is 11.1 Å². The summed E-state index contributed by atoms with van der Waals surface area (Å²) in [7, 11) is 0. The second-order valence-corrected chi connectivity index (χ2v) is 17.8. The molecule has 2 N–H and O–H groups in total. The largest absolute Gasteiger partial charge is 0.441 e. The van der Waals surface area contributed by atoms with Gasteiger partial charge in [0.2, 0.25) is 17.7 Å². The van der Waals surface area contributed by atoms with Crippen molar-refractivity contribution in [1.29, 1.82) is 0 Å². The van der Waals surface area contributed by atoms with E-state index >= 15 is 0 Å². The zero-order valence-corrected chi connectivity index (χ0v) is 35.0. The third-order valence-corrected chi connectivity index (χ3v) is 12.9. The minimum atomic E-state index is -0.296.